The first-order chi connectivity index (χ1) is 6.45. The van der Waals surface area contributed by atoms with Crippen LogP contribution in [-0.4, -0.2) is 24.1 Å². The molecule has 1 atom stereocenters. The van der Waals surface area contributed by atoms with E-state index in [1.54, 1.807) is 11.3 Å². The third kappa shape index (κ3) is 3.53. The van der Waals surface area contributed by atoms with Gasteiger partial charge in [-0.3, -0.25) is 4.98 Å². The van der Waals surface area contributed by atoms with Crippen LogP contribution in [0.2, 0.25) is 0 Å². The van der Waals surface area contributed by atoms with Crippen LogP contribution in [0.3, 0.4) is 0 Å². The van der Waals surface area contributed by atoms with E-state index < -0.39 is 0 Å². The first-order valence-corrected chi connectivity index (χ1v) is 5.64. The van der Waals surface area contributed by atoms with Gasteiger partial charge in [-0.25, -0.2) is 0 Å². The van der Waals surface area contributed by atoms with E-state index in [0.717, 1.165) is 13.1 Å². The normalized spacial score (nSPS) is 20.7. The summed E-state index contributed by atoms with van der Waals surface area (Å²) in [6.45, 7) is 3.23. The molecule has 1 saturated heterocycles. The Balaban J connectivity index is 0.000000980. The minimum absolute atomic E-state index is 0. The van der Waals surface area contributed by atoms with Gasteiger partial charge >= 0.3 is 0 Å². The van der Waals surface area contributed by atoms with Crippen molar-refractivity contribution in [2.45, 2.75) is 25.4 Å². The molecule has 3 nitrogen and oxygen atoms in total. The largest absolute Gasteiger partial charge is 0.313 e. The van der Waals surface area contributed by atoms with E-state index in [1.807, 2.05) is 11.7 Å². The molecule has 14 heavy (non-hydrogen) atoms. The van der Waals surface area contributed by atoms with Gasteiger partial charge in [0.25, 0.3) is 0 Å². The molecule has 1 aliphatic rings. The monoisotopic (exact) mass is 233 g/mol. The van der Waals surface area contributed by atoms with Gasteiger partial charge in [-0.1, -0.05) is 0 Å². The fourth-order valence-corrected chi connectivity index (χ4v) is 2.19. The average Bonchev–Trinajstić information content (AvgIpc) is 2.75. The second-order valence-electron chi connectivity index (χ2n) is 3.39. The Hall–Kier alpha value is -0.160. The zero-order valence-electron chi connectivity index (χ0n) is 8.03. The first kappa shape index (κ1) is 11.9. The molecule has 0 saturated carbocycles. The van der Waals surface area contributed by atoms with E-state index in [0.29, 0.717) is 6.04 Å². The summed E-state index contributed by atoms with van der Waals surface area (Å²) < 4.78 is 0. The van der Waals surface area contributed by atoms with E-state index in [2.05, 4.69) is 15.6 Å². The maximum Gasteiger partial charge on any atom is 0.0794 e. The average molecular weight is 234 g/mol. The Labute approximate surface area is 94.7 Å². The van der Waals surface area contributed by atoms with Crippen molar-refractivity contribution in [3.63, 3.8) is 0 Å². The van der Waals surface area contributed by atoms with E-state index >= 15 is 0 Å². The number of nitrogens with zero attached hydrogens (tertiary/aromatic N) is 1. The molecule has 0 spiro atoms. The van der Waals surface area contributed by atoms with Crippen molar-refractivity contribution < 1.29 is 0 Å². The molecule has 1 aliphatic heterocycles. The van der Waals surface area contributed by atoms with Crippen molar-refractivity contribution in [1.29, 1.82) is 0 Å². The summed E-state index contributed by atoms with van der Waals surface area (Å²) in [6, 6.07) is 0.688. The lowest BCUT2D eigenvalue weighted by Gasteiger charge is -2.09. The number of hydrogen-bond donors (Lipinski definition) is 2. The summed E-state index contributed by atoms with van der Waals surface area (Å²) in [7, 11) is 0. The van der Waals surface area contributed by atoms with Crippen LogP contribution in [0.1, 0.15) is 17.7 Å². The summed E-state index contributed by atoms with van der Waals surface area (Å²) >= 11 is 1.71. The van der Waals surface area contributed by atoms with Gasteiger partial charge in [0.2, 0.25) is 0 Å². The molecule has 80 valence electrons. The molecule has 0 aliphatic carbocycles. The highest BCUT2D eigenvalue weighted by Crippen LogP contribution is 2.06. The van der Waals surface area contributed by atoms with Crippen LogP contribution in [-0.2, 0) is 6.54 Å². The van der Waals surface area contributed by atoms with Gasteiger partial charge in [0.15, 0.2) is 0 Å². The molecule has 5 heteroatoms. The quantitative estimate of drug-likeness (QED) is 0.826. The van der Waals surface area contributed by atoms with Crippen LogP contribution < -0.4 is 10.6 Å². The Morgan fingerprint density at radius 1 is 1.64 bits per heavy atom. The molecule has 0 aromatic carbocycles. The predicted octanol–water partition coefficient (Wildman–Crippen LogP) is 1.41. The number of thiazole rings is 1. The standard InChI is InChI=1S/C9H15N3S.ClH/c1-2-8(12-3-1)4-10-5-9-6-11-7-13-9;/h6-8,10,12H,1-5H2;1H. The van der Waals surface area contributed by atoms with Crippen LogP contribution >= 0.6 is 23.7 Å². The van der Waals surface area contributed by atoms with Crippen LogP contribution in [0.5, 0.6) is 0 Å². The summed E-state index contributed by atoms with van der Waals surface area (Å²) in [6.07, 6.45) is 4.57. The number of nitrogens with one attached hydrogen (secondary N) is 2. The lowest BCUT2D eigenvalue weighted by Crippen LogP contribution is -2.33. The molecule has 1 aromatic heterocycles. The Morgan fingerprint density at radius 2 is 2.57 bits per heavy atom. The molecule has 1 aromatic rings. The summed E-state index contributed by atoms with van der Waals surface area (Å²) in [5.41, 5.74) is 1.88. The van der Waals surface area contributed by atoms with Gasteiger partial charge in [-0.2, -0.15) is 0 Å². The van der Waals surface area contributed by atoms with Gasteiger partial charge in [-0.15, -0.1) is 23.7 Å². The minimum Gasteiger partial charge on any atom is -0.313 e. The maximum atomic E-state index is 4.04. The van der Waals surface area contributed by atoms with Gasteiger partial charge in [-0.05, 0) is 19.4 Å². The second-order valence-corrected chi connectivity index (χ2v) is 4.36. The highest BCUT2D eigenvalue weighted by atomic mass is 35.5. The van der Waals surface area contributed by atoms with Crippen molar-refractivity contribution in [2.75, 3.05) is 13.1 Å². The van der Waals surface area contributed by atoms with Gasteiger partial charge in [0, 0.05) is 30.2 Å². The lowest BCUT2D eigenvalue weighted by molar-refractivity contribution is 0.537. The zero-order valence-corrected chi connectivity index (χ0v) is 9.66. The molecular formula is C9H16ClN3S. The van der Waals surface area contributed by atoms with Crippen molar-refractivity contribution in [3.8, 4) is 0 Å². The predicted molar refractivity (Wildman–Crippen MR) is 62.1 cm³/mol. The molecule has 0 bridgehead atoms. The fourth-order valence-electron chi connectivity index (χ4n) is 1.63. The molecule has 0 radical (unpaired) electrons. The SMILES string of the molecule is Cl.c1ncc(CNCC2CCCN2)s1. The topological polar surface area (TPSA) is 37.0 Å². The molecule has 2 heterocycles. The van der Waals surface area contributed by atoms with Crippen molar-refractivity contribution >= 4 is 23.7 Å². The van der Waals surface area contributed by atoms with Crippen LogP contribution in [0.25, 0.3) is 0 Å². The second kappa shape index (κ2) is 6.35. The van der Waals surface area contributed by atoms with Gasteiger partial charge in [0.05, 0.1) is 5.51 Å². The molecule has 2 N–H and O–H groups in total. The first-order valence-electron chi connectivity index (χ1n) is 4.76. The lowest BCUT2D eigenvalue weighted by atomic mass is 10.2. The van der Waals surface area contributed by atoms with Gasteiger partial charge < -0.3 is 10.6 Å². The van der Waals surface area contributed by atoms with Crippen molar-refractivity contribution in [2.24, 2.45) is 0 Å². The number of hydrogen-bond acceptors (Lipinski definition) is 4. The molecule has 2 rings (SSSR count). The van der Waals surface area contributed by atoms with Gasteiger partial charge in [0.1, 0.15) is 0 Å². The van der Waals surface area contributed by atoms with Crippen molar-refractivity contribution in [3.05, 3.63) is 16.6 Å². The van der Waals surface area contributed by atoms with Crippen LogP contribution in [0, 0.1) is 0 Å². The third-order valence-corrected chi connectivity index (χ3v) is 3.12. The van der Waals surface area contributed by atoms with Crippen molar-refractivity contribution in [1.82, 2.24) is 15.6 Å². The fraction of sp³-hybridized carbons (Fsp3) is 0.667. The summed E-state index contributed by atoms with van der Waals surface area (Å²) in [5, 5.41) is 6.90. The maximum absolute atomic E-state index is 4.04. The molecular weight excluding hydrogens is 218 g/mol. The smallest absolute Gasteiger partial charge is 0.0794 e. The van der Waals surface area contributed by atoms with Crippen LogP contribution in [0.4, 0.5) is 0 Å². The van der Waals surface area contributed by atoms with E-state index in [4.69, 9.17) is 0 Å². The van der Waals surface area contributed by atoms with E-state index in [1.165, 1.54) is 24.3 Å². The highest BCUT2D eigenvalue weighted by molar-refractivity contribution is 7.09. The summed E-state index contributed by atoms with van der Waals surface area (Å²) in [4.78, 5) is 5.35. The Bertz CT molecular complexity index is 234. The van der Waals surface area contributed by atoms with E-state index in [9.17, 15) is 0 Å². The molecule has 0 amide bonds. The number of halogens is 1. The third-order valence-electron chi connectivity index (χ3n) is 2.34. The van der Waals surface area contributed by atoms with Crippen LogP contribution in [0.15, 0.2) is 11.7 Å². The zero-order chi connectivity index (χ0) is 8.93. The van der Waals surface area contributed by atoms with E-state index in [-0.39, 0.29) is 12.4 Å². The highest BCUT2D eigenvalue weighted by Gasteiger charge is 2.12. The Morgan fingerprint density at radius 3 is 3.21 bits per heavy atom. The number of aromatic nitrogens is 1. The minimum atomic E-state index is 0. The Kier molecular flexibility index (Phi) is 5.40. The molecule has 1 unspecified atom stereocenters. The summed E-state index contributed by atoms with van der Waals surface area (Å²) in [5.74, 6) is 0. The number of rotatable bonds is 4. The molecule has 1 fully saturated rings.